The Bertz CT molecular complexity index is 219. The minimum absolute atomic E-state index is 0.218. The van der Waals surface area contributed by atoms with Crippen LogP contribution in [0.5, 0.6) is 0 Å². The van der Waals surface area contributed by atoms with E-state index in [9.17, 15) is 0 Å². The normalized spacial score (nSPS) is 12.6. The van der Waals surface area contributed by atoms with Gasteiger partial charge in [-0.05, 0) is 19.1 Å². The fraction of sp³-hybridized carbons (Fsp3) is 0.400. The highest BCUT2D eigenvalue weighted by Crippen LogP contribution is 2.10. The van der Waals surface area contributed by atoms with Crippen LogP contribution >= 0.6 is 0 Å². The Hall–Kier alpha value is -1.02. The van der Waals surface area contributed by atoms with Gasteiger partial charge in [-0.1, -0.05) is 18.2 Å². The summed E-state index contributed by atoms with van der Waals surface area (Å²) in [5, 5.41) is 0. The number of benzene rings is 1. The molecular weight excluding hydrogens is 148 g/mol. The largest absolute Gasteiger partial charge is 0.373 e. The summed E-state index contributed by atoms with van der Waals surface area (Å²) in [5.41, 5.74) is 6.91. The van der Waals surface area contributed by atoms with Crippen LogP contribution in [0.4, 0.5) is 5.69 Å². The molecule has 0 aromatic heterocycles. The summed E-state index contributed by atoms with van der Waals surface area (Å²) in [7, 11) is 2.05. The van der Waals surface area contributed by atoms with Gasteiger partial charge >= 0.3 is 0 Å². The van der Waals surface area contributed by atoms with Crippen molar-refractivity contribution in [2.75, 3.05) is 18.5 Å². The highest BCUT2D eigenvalue weighted by molar-refractivity contribution is 5.45. The standard InChI is InChI=1S/C10H16N2/c1-9(11)8-12(2)10-6-4-3-5-7-10/h3-7,9H,8,11H2,1-2H3. The number of hydrogen-bond acceptors (Lipinski definition) is 2. The second-order valence-corrected chi connectivity index (χ2v) is 3.19. The first kappa shape index (κ1) is 9.07. The zero-order valence-electron chi connectivity index (χ0n) is 7.70. The lowest BCUT2D eigenvalue weighted by atomic mass is 10.2. The molecule has 2 nitrogen and oxygen atoms in total. The predicted octanol–water partition coefficient (Wildman–Crippen LogP) is 1.47. The summed E-state index contributed by atoms with van der Waals surface area (Å²) in [6, 6.07) is 10.5. The van der Waals surface area contributed by atoms with Crippen LogP contribution in [-0.4, -0.2) is 19.6 Å². The molecule has 2 N–H and O–H groups in total. The molecule has 0 aliphatic heterocycles. The van der Waals surface area contributed by atoms with E-state index in [1.165, 1.54) is 5.69 Å². The molecule has 0 bridgehead atoms. The maximum Gasteiger partial charge on any atom is 0.0364 e. The minimum Gasteiger partial charge on any atom is -0.373 e. The van der Waals surface area contributed by atoms with Crippen molar-refractivity contribution in [3.8, 4) is 0 Å². The number of para-hydroxylation sites is 1. The zero-order chi connectivity index (χ0) is 8.97. The Labute approximate surface area is 74.0 Å². The second-order valence-electron chi connectivity index (χ2n) is 3.19. The zero-order valence-corrected chi connectivity index (χ0v) is 7.70. The van der Waals surface area contributed by atoms with E-state index in [0.29, 0.717) is 0 Å². The monoisotopic (exact) mass is 164 g/mol. The van der Waals surface area contributed by atoms with Crippen molar-refractivity contribution in [2.45, 2.75) is 13.0 Å². The van der Waals surface area contributed by atoms with Crippen LogP contribution in [0.25, 0.3) is 0 Å². The van der Waals surface area contributed by atoms with Gasteiger partial charge in [0.25, 0.3) is 0 Å². The fourth-order valence-corrected chi connectivity index (χ4v) is 1.22. The molecule has 0 aliphatic carbocycles. The molecule has 1 rings (SSSR count). The quantitative estimate of drug-likeness (QED) is 0.733. The Morgan fingerprint density at radius 2 is 1.92 bits per heavy atom. The van der Waals surface area contributed by atoms with Gasteiger partial charge in [-0.25, -0.2) is 0 Å². The predicted molar refractivity (Wildman–Crippen MR) is 53.4 cm³/mol. The van der Waals surface area contributed by atoms with Crippen molar-refractivity contribution in [2.24, 2.45) is 5.73 Å². The maximum atomic E-state index is 5.69. The van der Waals surface area contributed by atoms with Crippen LogP contribution in [0.3, 0.4) is 0 Å². The highest BCUT2D eigenvalue weighted by atomic mass is 15.1. The van der Waals surface area contributed by atoms with Crippen LogP contribution < -0.4 is 10.6 Å². The number of likely N-dealkylation sites (N-methyl/N-ethyl adjacent to an activating group) is 1. The molecule has 12 heavy (non-hydrogen) atoms. The Morgan fingerprint density at radius 1 is 1.33 bits per heavy atom. The van der Waals surface area contributed by atoms with E-state index in [1.54, 1.807) is 0 Å². The molecule has 0 saturated carbocycles. The third-order valence-corrected chi connectivity index (χ3v) is 1.76. The average Bonchev–Trinajstić information content (AvgIpc) is 2.05. The molecule has 1 unspecified atom stereocenters. The lowest BCUT2D eigenvalue weighted by Crippen LogP contribution is -2.32. The first-order valence-electron chi connectivity index (χ1n) is 4.22. The van der Waals surface area contributed by atoms with Crippen LogP contribution in [0.2, 0.25) is 0 Å². The molecule has 0 amide bonds. The molecule has 1 atom stereocenters. The summed E-state index contributed by atoms with van der Waals surface area (Å²) < 4.78 is 0. The summed E-state index contributed by atoms with van der Waals surface area (Å²) in [5.74, 6) is 0. The smallest absolute Gasteiger partial charge is 0.0364 e. The van der Waals surface area contributed by atoms with Crippen molar-refractivity contribution in [1.82, 2.24) is 0 Å². The van der Waals surface area contributed by atoms with Crippen molar-refractivity contribution >= 4 is 5.69 Å². The van der Waals surface area contributed by atoms with Crippen LogP contribution in [0, 0.1) is 0 Å². The number of hydrogen-bond donors (Lipinski definition) is 1. The number of rotatable bonds is 3. The van der Waals surface area contributed by atoms with E-state index in [0.717, 1.165) is 6.54 Å². The molecule has 0 heterocycles. The van der Waals surface area contributed by atoms with E-state index < -0.39 is 0 Å². The summed E-state index contributed by atoms with van der Waals surface area (Å²) >= 11 is 0. The maximum absolute atomic E-state index is 5.69. The minimum atomic E-state index is 0.218. The van der Waals surface area contributed by atoms with Gasteiger partial charge < -0.3 is 10.6 Å². The second kappa shape index (κ2) is 4.12. The Morgan fingerprint density at radius 3 is 2.42 bits per heavy atom. The van der Waals surface area contributed by atoms with E-state index in [-0.39, 0.29) is 6.04 Å². The number of nitrogens with two attached hydrogens (primary N) is 1. The lowest BCUT2D eigenvalue weighted by Gasteiger charge is -2.20. The van der Waals surface area contributed by atoms with Crippen molar-refractivity contribution < 1.29 is 0 Å². The first-order chi connectivity index (χ1) is 5.70. The van der Waals surface area contributed by atoms with Gasteiger partial charge in [0.2, 0.25) is 0 Å². The summed E-state index contributed by atoms with van der Waals surface area (Å²) in [4.78, 5) is 2.16. The van der Waals surface area contributed by atoms with Crippen molar-refractivity contribution in [3.05, 3.63) is 30.3 Å². The molecule has 1 aromatic rings. The molecular formula is C10H16N2. The van der Waals surface area contributed by atoms with Gasteiger partial charge in [0.05, 0.1) is 0 Å². The summed E-state index contributed by atoms with van der Waals surface area (Å²) in [6.45, 7) is 2.91. The van der Waals surface area contributed by atoms with Gasteiger partial charge in [0.1, 0.15) is 0 Å². The van der Waals surface area contributed by atoms with Crippen LogP contribution in [-0.2, 0) is 0 Å². The Kier molecular flexibility index (Phi) is 3.11. The topological polar surface area (TPSA) is 29.3 Å². The number of nitrogens with zero attached hydrogens (tertiary/aromatic N) is 1. The fourth-order valence-electron chi connectivity index (χ4n) is 1.22. The molecule has 0 spiro atoms. The number of anilines is 1. The molecule has 0 radical (unpaired) electrons. The molecule has 0 saturated heterocycles. The Balaban J connectivity index is 2.59. The third kappa shape index (κ3) is 2.55. The van der Waals surface area contributed by atoms with E-state index in [1.807, 2.05) is 25.1 Å². The lowest BCUT2D eigenvalue weighted by molar-refractivity contribution is 0.718. The van der Waals surface area contributed by atoms with E-state index in [2.05, 4.69) is 24.1 Å². The van der Waals surface area contributed by atoms with Crippen molar-refractivity contribution in [3.63, 3.8) is 0 Å². The van der Waals surface area contributed by atoms with Gasteiger partial charge in [0, 0.05) is 25.3 Å². The van der Waals surface area contributed by atoms with Gasteiger partial charge in [0.15, 0.2) is 0 Å². The molecule has 1 aromatic carbocycles. The van der Waals surface area contributed by atoms with E-state index >= 15 is 0 Å². The van der Waals surface area contributed by atoms with Crippen LogP contribution in [0.15, 0.2) is 30.3 Å². The molecule has 2 heteroatoms. The van der Waals surface area contributed by atoms with Crippen LogP contribution in [0.1, 0.15) is 6.92 Å². The average molecular weight is 164 g/mol. The molecule has 0 aliphatic rings. The van der Waals surface area contributed by atoms with Crippen molar-refractivity contribution in [1.29, 1.82) is 0 Å². The highest BCUT2D eigenvalue weighted by Gasteiger charge is 2.01. The molecule has 66 valence electrons. The summed E-state index contributed by atoms with van der Waals surface area (Å²) in [6.07, 6.45) is 0. The van der Waals surface area contributed by atoms with Gasteiger partial charge in [-0.2, -0.15) is 0 Å². The van der Waals surface area contributed by atoms with Gasteiger partial charge in [-0.3, -0.25) is 0 Å². The first-order valence-corrected chi connectivity index (χ1v) is 4.22. The SMILES string of the molecule is CC(N)CN(C)c1ccccc1. The molecule has 0 fully saturated rings. The van der Waals surface area contributed by atoms with Gasteiger partial charge in [-0.15, -0.1) is 0 Å². The van der Waals surface area contributed by atoms with E-state index in [4.69, 9.17) is 5.73 Å². The third-order valence-electron chi connectivity index (χ3n) is 1.76.